The molecule has 0 unspecified atom stereocenters. The van der Waals surface area contributed by atoms with Crippen LogP contribution in [0.15, 0.2) is 18.5 Å². The Morgan fingerprint density at radius 2 is 1.89 bits per heavy atom. The highest BCUT2D eigenvalue weighted by molar-refractivity contribution is 5.92. The van der Waals surface area contributed by atoms with Crippen molar-refractivity contribution >= 4 is 22.6 Å². The highest BCUT2D eigenvalue weighted by Crippen LogP contribution is 2.27. The fourth-order valence-corrected chi connectivity index (χ4v) is 2.76. The van der Waals surface area contributed by atoms with Gasteiger partial charge >= 0.3 is 0 Å². The maximum Gasteiger partial charge on any atom is 0.262 e. The molecule has 27 heavy (non-hydrogen) atoms. The van der Waals surface area contributed by atoms with E-state index in [0.29, 0.717) is 11.6 Å². The van der Waals surface area contributed by atoms with Crippen LogP contribution in [-0.2, 0) is 17.3 Å². The number of carbonyl (C=O) groups excluding carboxylic acids is 1. The molecular formula is C19H24N6O2. The number of ether oxygens (including phenoxy) is 1. The zero-order valence-corrected chi connectivity index (χ0v) is 16.5. The standard InChI is InChI=1S/C19H24N6O2/c1-11-7-12(2)22-16-15(11)17(24-25(16)6)27-10-14(26)23-13-8-20-18(21-9-13)19(3,4)5/h7-9H,10H2,1-6H3,(H,23,26). The highest BCUT2D eigenvalue weighted by atomic mass is 16.5. The van der Waals surface area contributed by atoms with Gasteiger partial charge in [-0.05, 0) is 25.5 Å². The maximum atomic E-state index is 12.2. The third-order valence-corrected chi connectivity index (χ3v) is 4.03. The molecule has 0 fully saturated rings. The van der Waals surface area contributed by atoms with Crippen LogP contribution in [0.5, 0.6) is 5.88 Å². The molecule has 3 aromatic rings. The molecule has 0 aliphatic rings. The Morgan fingerprint density at radius 1 is 1.22 bits per heavy atom. The second-order valence-corrected chi connectivity index (χ2v) is 7.59. The fraction of sp³-hybridized carbons (Fsp3) is 0.421. The summed E-state index contributed by atoms with van der Waals surface area (Å²) in [6.07, 6.45) is 3.19. The number of amides is 1. The van der Waals surface area contributed by atoms with Gasteiger partial charge in [0.2, 0.25) is 5.88 Å². The number of aryl methyl sites for hydroxylation is 3. The van der Waals surface area contributed by atoms with Crippen molar-refractivity contribution < 1.29 is 9.53 Å². The van der Waals surface area contributed by atoms with E-state index in [2.05, 4.69) is 25.4 Å². The van der Waals surface area contributed by atoms with Crippen LogP contribution in [0.4, 0.5) is 5.69 Å². The van der Waals surface area contributed by atoms with E-state index in [9.17, 15) is 4.79 Å². The van der Waals surface area contributed by atoms with Crippen LogP contribution in [0.25, 0.3) is 11.0 Å². The molecule has 0 saturated heterocycles. The molecule has 142 valence electrons. The number of hydrogen-bond donors (Lipinski definition) is 1. The summed E-state index contributed by atoms with van der Waals surface area (Å²) in [7, 11) is 1.80. The van der Waals surface area contributed by atoms with Gasteiger partial charge in [0.05, 0.1) is 23.5 Å². The van der Waals surface area contributed by atoms with Crippen molar-refractivity contribution in [1.82, 2.24) is 24.7 Å². The van der Waals surface area contributed by atoms with Gasteiger partial charge in [0.1, 0.15) is 5.82 Å². The topological polar surface area (TPSA) is 94.8 Å². The summed E-state index contributed by atoms with van der Waals surface area (Å²) in [6.45, 7) is 9.83. The van der Waals surface area contributed by atoms with Crippen molar-refractivity contribution in [2.45, 2.75) is 40.0 Å². The highest BCUT2D eigenvalue weighted by Gasteiger charge is 2.18. The predicted octanol–water partition coefficient (Wildman–Crippen LogP) is 2.69. The van der Waals surface area contributed by atoms with E-state index in [0.717, 1.165) is 28.1 Å². The monoisotopic (exact) mass is 368 g/mol. The first kappa shape index (κ1) is 18.8. The van der Waals surface area contributed by atoms with Crippen LogP contribution in [0.2, 0.25) is 0 Å². The quantitative estimate of drug-likeness (QED) is 0.761. The molecule has 3 heterocycles. The third-order valence-electron chi connectivity index (χ3n) is 4.03. The summed E-state index contributed by atoms with van der Waals surface area (Å²) < 4.78 is 7.30. The minimum absolute atomic E-state index is 0.143. The number of aromatic nitrogens is 5. The lowest BCUT2D eigenvalue weighted by molar-refractivity contribution is -0.118. The lowest BCUT2D eigenvalue weighted by atomic mass is 9.96. The first-order valence-corrected chi connectivity index (χ1v) is 8.71. The molecule has 0 aliphatic carbocycles. The largest absolute Gasteiger partial charge is 0.466 e. The molecule has 3 rings (SSSR count). The molecular weight excluding hydrogens is 344 g/mol. The SMILES string of the molecule is Cc1cc(C)c2c(OCC(=O)Nc3cnc(C(C)(C)C)nc3)nn(C)c2n1. The van der Waals surface area contributed by atoms with Gasteiger partial charge in [-0.1, -0.05) is 20.8 Å². The Labute approximate surface area is 158 Å². The predicted molar refractivity (Wildman–Crippen MR) is 103 cm³/mol. The van der Waals surface area contributed by atoms with Gasteiger partial charge in [-0.15, -0.1) is 5.10 Å². The van der Waals surface area contributed by atoms with E-state index in [1.807, 2.05) is 40.7 Å². The van der Waals surface area contributed by atoms with Crippen LogP contribution in [0.3, 0.4) is 0 Å². The lowest BCUT2D eigenvalue weighted by Crippen LogP contribution is -2.21. The van der Waals surface area contributed by atoms with Crippen LogP contribution in [0.1, 0.15) is 37.9 Å². The van der Waals surface area contributed by atoms with E-state index < -0.39 is 0 Å². The molecule has 1 N–H and O–H groups in total. The number of fused-ring (bicyclic) bond motifs is 1. The molecule has 1 amide bonds. The first-order valence-electron chi connectivity index (χ1n) is 8.71. The number of pyridine rings is 1. The third kappa shape index (κ3) is 4.05. The summed E-state index contributed by atoms with van der Waals surface area (Å²) in [5.41, 5.74) is 3.03. The van der Waals surface area contributed by atoms with Crippen LogP contribution in [-0.4, -0.2) is 37.2 Å². The second kappa shape index (κ2) is 6.94. The number of nitrogens with one attached hydrogen (secondary N) is 1. The van der Waals surface area contributed by atoms with E-state index >= 15 is 0 Å². The summed E-state index contributed by atoms with van der Waals surface area (Å²) in [5, 5.41) is 7.88. The first-order chi connectivity index (χ1) is 12.6. The Hall–Kier alpha value is -3.03. The number of nitrogens with zero attached hydrogens (tertiary/aromatic N) is 5. The van der Waals surface area contributed by atoms with Crippen LogP contribution >= 0.6 is 0 Å². The number of anilines is 1. The van der Waals surface area contributed by atoms with Gasteiger partial charge in [0, 0.05) is 18.2 Å². The molecule has 0 aliphatic heterocycles. The van der Waals surface area contributed by atoms with E-state index in [1.165, 1.54) is 0 Å². The summed E-state index contributed by atoms with van der Waals surface area (Å²) >= 11 is 0. The van der Waals surface area contributed by atoms with Crippen molar-refractivity contribution in [2.75, 3.05) is 11.9 Å². The Balaban J connectivity index is 1.69. The second-order valence-electron chi connectivity index (χ2n) is 7.59. The van der Waals surface area contributed by atoms with Crippen molar-refractivity contribution in [1.29, 1.82) is 0 Å². The van der Waals surface area contributed by atoms with Gasteiger partial charge in [-0.2, -0.15) is 0 Å². The van der Waals surface area contributed by atoms with E-state index in [1.54, 1.807) is 24.1 Å². The molecule has 0 bridgehead atoms. The van der Waals surface area contributed by atoms with Crippen LogP contribution in [0, 0.1) is 13.8 Å². The molecule has 8 heteroatoms. The number of rotatable bonds is 4. The summed E-state index contributed by atoms with van der Waals surface area (Å²) in [5.74, 6) is 0.806. The minimum atomic E-state index is -0.307. The van der Waals surface area contributed by atoms with Gasteiger partial charge in [-0.3, -0.25) is 4.79 Å². The number of carbonyl (C=O) groups is 1. The Morgan fingerprint density at radius 3 is 2.52 bits per heavy atom. The lowest BCUT2D eigenvalue weighted by Gasteiger charge is -2.16. The Bertz CT molecular complexity index is 986. The molecule has 8 nitrogen and oxygen atoms in total. The molecule has 0 aromatic carbocycles. The van der Waals surface area contributed by atoms with Gasteiger partial charge in [-0.25, -0.2) is 19.6 Å². The fourth-order valence-electron chi connectivity index (χ4n) is 2.76. The van der Waals surface area contributed by atoms with E-state index in [-0.39, 0.29) is 17.9 Å². The average molecular weight is 368 g/mol. The minimum Gasteiger partial charge on any atom is -0.466 e. The molecule has 0 radical (unpaired) electrons. The summed E-state index contributed by atoms with van der Waals surface area (Å²) in [4.78, 5) is 25.3. The van der Waals surface area contributed by atoms with Gasteiger partial charge in [0.15, 0.2) is 12.3 Å². The molecule has 0 spiro atoms. The van der Waals surface area contributed by atoms with Gasteiger partial charge in [0.25, 0.3) is 5.91 Å². The van der Waals surface area contributed by atoms with Crippen molar-refractivity contribution in [3.05, 3.63) is 35.5 Å². The Kier molecular flexibility index (Phi) is 4.82. The zero-order valence-electron chi connectivity index (χ0n) is 16.5. The maximum absolute atomic E-state index is 12.2. The van der Waals surface area contributed by atoms with Crippen molar-refractivity contribution in [3.8, 4) is 5.88 Å². The van der Waals surface area contributed by atoms with Gasteiger partial charge < -0.3 is 10.1 Å². The molecule has 0 saturated carbocycles. The molecule has 3 aromatic heterocycles. The van der Waals surface area contributed by atoms with Crippen LogP contribution < -0.4 is 10.1 Å². The van der Waals surface area contributed by atoms with Crippen molar-refractivity contribution in [3.63, 3.8) is 0 Å². The average Bonchev–Trinajstić information content (AvgIpc) is 2.89. The van der Waals surface area contributed by atoms with E-state index in [4.69, 9.17) is 4.74 Å². The van der Waals surface area contributed by atoms with Crippen molar-refractivity contribution in [2.24, 2.45) is 7.05 Å². The number of hydrogen-bond acceptors (Lipinski definition) is 6. The summed E-state index contributed by atoms with van der Waals surface area (Å²) in [6, 6.07) is 1.96. The zero-order chi connectivity index (χ0) is 19.8. The normalized spacial score (nSPS) is 11.6. The smallest absolute Gasteiger partial charge is 0.262 e. The molecule has 0 atom stereocenters.